The third kappa shape index (κ3) is 2.85. The Morgan fingerprint density at radius 3 is 2.65 bits per heavy atom. The number of hydrogen-bond donors (Lipinski definition) is 2. The summed E-state index contributed by atoms with van der Waals surface area (Å²) in [6.45, 7) is 4.51. The van der Waals surface area contributed by atoms with Crippen LogP contribution in [0.25, 0.3) is 0 Å². The van der Waals surface area contributed by atoms with Crippen molar-refractivity contribution in [2.45, 2.75) is 38.5 Å². The highest BCUT2D eigenvalue weighted by molar-refractivity contribution is 5.20. The number of hydrogen-bond acceptors (Lipinski definition) is 3. The Morgan fingerprint density at radius 2 is 2.10 bits per heavy atom. The van der Waals surface area contributed by atoms with Crippen molar-refractivity contribution in [2.24, 2.45) is 5.41 Å². The van der Waals surface area contributed by atoms with E-state index in [0.717, 1.165) is 18.6 Å². The molecule has 1 fully saturated rings. The largest absolute Gasteiger partial charge is 0.387 e. The van der Waals surface area contributed by atoms with E-state index < -0.39 is 17.7 Å². The van der Waals surface area contributed by atoms with Gasteiger partial charge >= 0.3 is 0 Å². The predicted molar refractivity (Wildman–Crippen MR) is 72.3 cm³/mol. The van der Waals surface area contributed by atoms with E-state index in [9.17, 15) is 13.9 Å². The smallest absolute Gasteiger partial charge is 0.159 e. The first-order chi connectivity index (χ1) is 9.36. The van der Waals surface area contributed by atoms with Gasteiger partial charge in [-0.1, -0.05) is 19.9 Å². The summed E-state index contributed by atoms with van der Waals surface area (Å²) in [5.41, 5.74) is 0.375. The van der Waals surface area contributed by atoms with Gasteiger partial charge in [0.15, 0.2) is 11.6 Å². The average molecular weight is 285 g/mol. The van der Waals surface area contributed by atoms with E-state index in [1.54, 1.807) is 7.11 Å². The molecule has 5 heteroatoms. The summed E-state index contributed by atoms with van der Waals surface area (Å²) in [4.78, 5) is 0. The molecule has 0 saturated heterocycles. The minimum atomic E-state index is -0.940. The summed E-state index contributed by atoms with van der Waals surface area (Å²) in [6, 6.07) is 3.70. The van der Waals surface area contributed by atoms with E-state index in [2.05, 4.69) is 19.2 Å². The van der Waals surface area contributed by atoms with Gasteiger partial charge in [-0.2, -0.15) is 0 Å². The zero-order chi connectivity index (χ0) is 14.9. The maximum atomic E-state index is 13.1. The van der Waals surface area contributed by atoms with Gasteiger partial charge in [0.05, 0.1) is 12.2 Å². The van der Waals surface area contributed by atoms with Crippen LogP contribution in [-0.2, 0) is 4.74 Å². The molecule has 3 atom stereocenters. The van der Waals surface area contributed by atoms with Gasteiger partial charge in [0, 0.05) is 25.1 Å². The van der Waals surface area contributed by atoms with Crippen LogP contribution in [0.1, 0.15) is 31.9 Å². The third-order valence-electron chi connectivity index (χ3n) is 4.35. The summed E-state index contributed by atoms with van der Waals surface area (Å²) >= 11 is 0. The third-order valence-corrected chi connectivity index (χ3v) is 4.35. The molecule has 1 aliphatic carbocycles. The van der Waals surface area contributed by atoms with Gasteiger partial charge in [-0.05, 0) is 24.1 Å². The van der Waals surface area contributed by atoms with Crippen LogP contribution in [0.5, 0.6) is 0 Å². The van der Waals surface area contributed by atoms with E-state index in [1.807, 2.05) is 0 Å². The second-order valence-corrected chi connectivity index (χ2v) is 5.93. The fourth-order valence-corrected chi connectivity index (χ4v) is 2.72. The van der Waals surface area contributed by atoms with Crippen LogP contribution in [0.4, 0.5) is 8.78 Å². The summed E-state index contributed by atoms with van der Waals surface area (Å²) in [5.74, 6) is -1.85. The highest BCUT2D eigenvalue weighted by Crippen LogP contribution is 2.42. The number of halogens is 2. The Kier molecular flexibility index (Phi) is 4.42. The minimum Gasteiger partial charge on any atom is -0.387 e. The topological polar surface area (TPSA) is 41.5 Å². The zero-order valence-corrected chi connectivity index (χ0v) is 12.0. The predicted octanol–water partition coefficient (Wildman–Crippen LogP) is 2.40. The number of aliphatic hydroxyl groups excluding tert-OH is 1. The summed E-state index contributed by atoms with van der Waals surface area (Å²) in [7, 11) is 1.69. The first kappa shape index (κ1) is 15.4. The van der Waals surface area contributed by atoms with Crippen LogP contribution in [-0.4, -0.2) is 30.9 Å². The molecule has 2 N–H and O–H groups in total. The zero-order valence-electron chi connectivity index (χ0n) is 12.0. The van der Waals surface area contributed by atoms with Crippen LogP contribution in [0, 0.1) is 17.0 Å². The second kappa shape index (κ2) is 5.76. The number of aliphatic hydroxyl groups is 1. The van der Waals surface area contributed by atoms with E-state index in [-0.39, 0.29) is 17.6 Å². The molecule has 0 aliphatic heterocycles. The average Bonchev–Trinajstić information content (AvgIpc) is 2.40. The molecule has 1 aromatic rings. The van der Waals surface area contributed by atoms with Crippen molar-refractivity contribution in [1.82, 2.24) is 5.32 Å². The Labute approximate surface area is 117 Å². The van der Waals surface area contributed by atoms with Crippen LogP contribution in [0.15, 0.2) is 18.2 Å². The molecule has 0 heterocycles. The monoisotopic (exact) mass is 285 g/mol. The fourth-order valence-electron chi connectivity index (χ4n) is 2.72. The van der Waals surface area contributed by atoms with Gasteiger partial charge in [-0.15, -0.1) is 0 Å². The van der Waals surface area contributed by atoms with Crippen molar-refractivity contribution in [3.8, 4) is 0 Å². The van der Waals surface area contributed by atoms with Crippen molar-refractivity contribution in [2.75, 3.05) is 13.7 Å². The molecular formula is C15H21F2NO2. The number of benzene rings is 1. The Balaban J connectivity index is 1.90. The highest BCUT2D eigenvalue weighted by atomic mass is 19.2. The lowest BCUT2D eigenvalue weighted by Crippen LogP contribution is -2.61. The lowest BCUT2D eigenvalue weighted by molar-refractivity contribution is -0.0992. The molecule has 2 rings (SSSR count). The Bertz CT molecular complexity index is 479. The van der Waals surface area contributed by atoms with Crippen molar-refractivity contribution in [3.05, 3.63) is 35.4 Å². The standard InChI is InChI=1S/C15H21F2NO2/c1-15(2)13(7-14(15)20-3)18-8-12(19)9-4-5-10(16)11(17)6-9/h4-6,12-14,18-19H,7-8H2,1-3H3. The Morgan fingerprint density at radius 1 is 1.40 bits per heavy atom. The van der Waals surface area contributed by atoms with Gasteiger partial charge in [0.25, 0.3) is 0 Å². The van der Waals surface area contributed by atoms with Gasteiger partial charge in [-0.25, -0.2) is 8.78 Å². The molecule has 0 aromatic heterocycles. The molecule has 20 heavy (non-hydrogen) atoms. The van der Waals surface area contributed by atoms with E-state index in [4.69, 9.17) is 4.74 Å². The quantitative estimate of drug-likeness (QED) is 0.873. The lowest BCUT2D eigenvalue weighted by Gasteiger charge is -2.51. The molecule has 1 saturated carbocycles. The van der Waals surface area contributed by atoms with Crippen molar-refractivity contribution >= 4 is 0 Å². The van der Waals surface area contributed by atoms with E-state index >= 15 is 0 Å². The first-order valence-electron chi connectivity index (χ1n) is 6.75. The molecule has 3 unspecified atom stereocenters. The van der Waals surface area contributed by atoms with Crippen molar-refractivity contribution in [3.63, 3.8) is 0 Å². The number of methoxy groups -OCH3 is 1. The van der Waals surface area contributed by atoms with Crippen LogP contribution >= 0.6 is 0 Å². The number of nitrogens with one attached hydrogen (secondary N) is 1. The van der Waals surface area contributed by atoms with Crippen molar-refractivity contribution < 1.29 is 18.6 Å². The van der Waals surface area contributed by atoms with Crippen LogP contribution in [0.2, 0.25) is 0 Å². The number of rotatable bonds is 5. The summed E-state index contributed by atoms with van der Waals surface area (Å²) in [6.07, 6.45) is 0.233. The van der Waals surface area contributed by atoms with Crippen LogP contribution in [0.3, 0.4) is 0 Å². The first-order valence-corrected chi connectivity index (χ1v) is 6.75. The molecular weight excluding hydrogens is 264 g/mol. The summed E-state index contributed by atoms with van der Waals surface area (Å²) < 4.78 is 31.3. The second-order valence-electron chi connectivity index (χ2n) is 5.93. The summed E-state index contributed by atoms with van der Waals surface area (Å²) in [5, 5.41) is 13.3. The molecule has 3 nitrogen and oxygen atoms in total. The fraction of sp³-hybridized carbons (Fsp3) is 0.600. The SMILES string of the molecule is COC1CC(NCC(O)c2ccc(F)c(F)c2)C1(C)C. The molecule has 0 spiro atoms. The number of ether oxygens (including phenoxy) is 1. The molecule has 112 valence electrons. The van der Waals surface area contributed by atoms with Gasteiger partial charge in [0.1, 0.15) is 0 Å². The molecule has 1 aromatic carbocycles. The van der Waals surface area contributed by atoms with Crippen molar-refractivity contribution in [1.29, 1.82) is 0 Å². The highest BCUT2D eigenvalue weighted by Gasteiger charge is 2.48. The normalized spacial score (nSPS) is 26.1. The van der Waals surface area contributed by atoms with Crippen LogP contribution < -0.4 is 5.32 Å². The maximum Gasteiger partial charge on any atom is 0.159 e. The molecule has 0 amide bonds. The molecule has 1 aliphatic rings. The van der Waals surface area contributed by atoms with Gasteiger partial charge < -0.3 is 15.2 Å². The van der Waals surface area contributed by atoms with Gasteiger partial charge in [0.2, 0.25) is 0 Å². The maximum absolute atomic E-state index is 13.1. The Hall–Kier alpha value is -1.04. The molecule has 0 bridgehead atoms. The van der Waals surface area contributed by atoms with E-state index in [1.165, 1.54) is 6.07 Å². The van der Waals surface area contributed by atoms with Gasteiger partial charge in [-0.3, -0.25) is 0 Å². The lowest BCUT2D eigenvalue weighted by atomic mass is 9.64. The minimum absolute atomic E-state index is 0.00250. The molecule has 0 radical (unpaired) electrons. The van der Waals surface area contributed by atoms with E-state index in [0.29, 0.717) is 12.1 Å².